The number of pyridine rings is 1. The van der Waals surface area contributed by atoms with E-state index >= 15 is 8.78 Å². The Kier molecular flexibility index (Phi) is 13.0. The molecule has 0 radical (unpaired) electrons. The summed E-state index contributed by atoms with van der Waals surface area (Å²) in [7, 11) is 0. The number of ether oxygens (including phenoxy) is 1. The summed E-state index contributed by atoms with van der Waals surface area (Å²) in [5.74, 6) is -7.24. The molecule has 1 amide bonds. The van der Waals surface area contributed by atoms with Crippen molar-refractivity contribution >= 4 is 11.9 Å². The quantitative estimate of drug-likeness (QED) is 0.139. The molecule has 54 heavy (non-hydrogen) atoms. The highest BCUT2D eigenvalue weighted by molar-refractivity contribution is 5.82. The second kappa shape index (κ2) is 16.6. The lowest BCUT2D eigenvalue weighted by atomic mass is 9.87. The van der Waals surface area contributed by atoms with Gasteiger partial charge in [-0.25, -0.2) is 13.2 Å². The number of alkyl halides is 6. The van der Waals surface area contributed by atoms with Crippen molar-refractivity contribution in [3.05, 3.63) is 91.1 Å². The Labute approximate surface area is 306 Å². The molecule has 1 fully saturated rings. The van der Waals surface area contributed by atoms with Gasteiger partial charge in [-0.1, -0.05) is 13.8 Å². The fourth-order valence-corrected chi connectivity index (χ4v) is 6.65. The van der Waals surface area contributed by atoms with E-state index in [1.165, 1.54) is 27.7 Å². The van der Waals surface area contributed by atoms with Crippen LogP contribution < -0.4 is 10.9 Å². The van der Waals surface area contributed by atoms with E-state index in [4.69, 9.17) is 4.74 Å². The van der Waals surface area contributed by atoms with Crippen LogP contribution in [0.5, 0.6) is 0 Å². The topological polar surface area (TPSA) is 80.6 Å². The first kappa shape index (κ1) is 42.4. The Balaban J connectivity index is 1.93. The van der Waals surface area contributed by atoms with Gasteiger partial charge in [0.25, 0.3) is 5.56 Å². The summed E-state index contributed by atoms with van der Waals surface area (Å²) in [6.45, 7) is 9.95. The average molecular weight is 776 g/mol. The van der Waals surface area contributed by atoms with Gasteiger partial charge in [0.2, 0.25) is 5.91 Å². The number of hydrogen-bond acceptors (Lipinski definition) is 5. The standard InChI is InChI=1S/C38H42F9N3O4/c1-7-54-31(52)17-28(33-34(40)24(15-26(35(33)41)38(45,46)47)32-20(4)14-27(39)21(5)22(32)6)48-36(53)29(13-19(2)3)50-18-23(9-12-49-10-8-11-49)25(16-30(50)51)37(42,43)44/h14-16,18-19,28-29H,7-13,17H2,1-6H3,(H,48,53)/t28-,29?/m0/s1. The first-order valence-corrected chi connectivity index (χ1v) is 17.4. The van der Waals surface area contributed by atoms with Crippen molar-refractivity contribution in [2.75, 3.05) is 26.2 Å². The van der Waals surface area contributed by atoms with Crippen LogP contribution in [0.4, 0.5) is 39.5 Å². The van der Waals surface area contributed by atoms with Crippen LogP contribution in [-0.2, 0) is 33.1 Å². The summed E-state index contributed by atoms with van der Waals surface area (Å²) in [6, 6.07) is -2.25. The van der Waals surface area contributed by atoms with Gasteiger partial charge in [-0.15, -0.1) is 0 Å². The molecule has 3 aromatic rings. The minimum atomic E-state index is -5.42. The van der Waals surface area contributed by atoms with Gasteiger partial charge < -0.3 is 19.5 Å². The zero-order valence-electron chi connectivity index (χ0n) is 30.6. The van der Waals surface area contributed by atoms with Crippen LogP contribution in [0.15, 0.2) is 29.2 Å². The highest BCUT2D eigenvalue weighted by Gasteiger charge is 2.41. The number of nitrogens with one attached hydrogen (secondary N) is 1. The van der Waals surface area contributed by atoms with Crippen LogP contribution in [0.2, 0.25) is 0 Å². The minimum Gasteiger partial charge on any atom is -0.466 e. The third-order valence-electron chi connectivity index (χ3n) is 9.63. The molecule has 0 spiro atoms. The second-order valence-electron chi connectivity index (χ2n) is 13.9. The van der Waals surface area contributed by atoms with Crippen LogP contribution >= 0.6 is 0 Å². The molecule has 1 aliphatic heterocycles. The molecule has 2 heterocycles. The van der Waals surface area contributed by atoms with Crippen molar-refractivity contribution in [3.8, 4) is 11.1 Å². The maximum absolute atomic E-state index is 16.7. The highest BCUT2D eigenvalue weighted by atomic mass is 19.4. The van der Waals surface area contributed by atoms with Crippen molar-refractivity contribution in [2.24, 2.45) is 5.92 Å². The summed E-state index contributed by atoms with van der Waals surface area (Å²) >= 11 is 0. The summed E-state index contributed by atoms with van der Waals surface area (Å²) in [4.78, 5) is 42.2. The Bertz CT molecular complexity index is 1950. The van der Waals surface area contributed by atoms with Crippen LogP contribution in [0.3, 0.4) is 0 Å². The molecule has 0 bridgehead atoms. The van der Waals surface area contributed by atoms with Gasteiger partial charge in [-0.05, 0) is 106 Å². The lowest BCUT2D eigenvalue weighted by Crippen LogP contribution is -2.41. The molecule has 0 aliphatic carbocycles. The number of halogens is 9. The number of rotatable bonds is 13. The predicted octanol–water partition coefficient (Wildman–Crippen LogP) is 8.54. The number of carbonyl (C=O) groups is 2. The third kappa shape index (κ3) is 9.29. The number of nitrogens with zero attached hydrogens (tertiary/aromatic N) is 2. The average Bonchev–Trinajstić information content (AvgIpc) is 3.02. The molecule has 296 valence electrons. The van der Waals surface area contributed by atoms with Gasteiger partial charge in [-0.3, -0.25) is 14.4 Å². The molecule has 0 saturated carbocycles. The number of hydrogen-bond donors (Lipinski definition) is 1. The van der Waals surface area contributed by atoms with Gasteiger partial charge in [-0.2, -0.15) is 26.3 Å². The smallest absolute Gasteiger partial charge is 0.419 e. The van der Waals surface area contributed by atoms with E-state index in [0.29, 0.717) is 19.2 Å². The fraction of sp³-hybridized carbons (Fsp3) is 0.500. The second-order valence-corrected chi connectivity index (χ2v) is 13.9. The Morgan fingerprint density at radius 1 is 0.907 bits per heavy atom. The predicted molar refractivity (Wildman–Crippen MR) is 182 cm³/mol. The van der Waals surface area contributed by atoms with Gasteiger partial charge >= 0.3 is 18.3 Å². The summed E-state index contributed by atoms with van der Waals surface area (Å²) in [5.41, 5.74) is -6.95. The number of aryl methyl sites for hydroxylation is 1. The Hall–Kier alpha value is -4.34. The van der Waals surface area contributed by atoms with Crippen molar-refractivity contribution in [2.45, 2.75) is 91.7 Å². The minimum absolute atomic E-state index is 0.00903. The number of carbonyl (C=O) groups excluding carboxylic acids is 2. The SMILES string of the molecule is CCOC(=O)C[C@H](NC(=O)C(CC(C)C)n1cc(CCN2CCC2)c(C(F)(F)F)cc1=O)c1c(F)c(-c2c(C)cc(F)c(C)c2C)cc(C(F)(F)F)c1F. The molecule has 1 aliphatic rings. The van der Waals surface area contributed by atoms with Gasteiger partial charge in [0.1, 0.15) is 23.5 Å². The first-order chi connectivity index (χ1) is 25.1. The zero-order chi connectivity index (χ0) is 40.4. The van der Waals surface area contributed by atoms with E-state index in [1.54, 1.807) is 13.8 Å². The molecule has 7 nitrogen and oxygen atoms in total. The molecule has 2 aromatic carbocycles. The van der Waals surface area contributed by atoms with Crippen molar-refractivity contribution in [1.29, 1.82) is 0 Å². The van der Waals surface area contributed by atoms with Crippen molar-refractivity contribution in [3.63, 3.8) is 0 Å². The molecule has 2 atom stereocenters. The van der Waals surface area contributed by atoms with Crippen molar-refractivity contribution in [1.82, 2.24) is 14.8 Å². The maximum Gasteiger partial charge on any atom is 0.419 e. The molecule has 4 rings (SSSR count). The molecular weight excluding hydrogens is 733 g/mol. The van der Waals surface area contributed by atoms with E-state index in [0.717, 1.165) is 23.3 Å². The summed E-state index contributed by atoms with van der Waals surface area (Å²) in [5, 5.41) is 2.24. The first-order valence-electron chi connectivity index (χ1n) is 17.4. The number of benzene rings is 2. The molecular formula is C38H42F9N3O4. The maximum atomic E-state index is 16.7. The fourth-order valence-electron chi connectivity index (χ4n) is 6.65. The monoisotopic (exact) mass is 775 g/mol. The van der Waals surface area contributed by atoms with Gasteiger partial charge in [0, 0.05) is 29.9 Å². The largest absolute Gasteiger partial charge is 0.466 e. The normalized spacial score (nSPS) is 14.9. The lowest BCUT2D eigenvalue weighted by molar-refractivity contribution is -0.144. The zero-order valence-corrected chi connectivity index (χ0v) is 30.6. The third-order valence-corrected chi connectivity index (χ3v) is 9.63. The molecule has 1 aromatic heterocycles. The number of amides is 1. The van der Waals surface area contributed by atoms with Crippen LogP contribution in [0, 0.1) is 44.1 Å². The molecule has 1 saturated heterocycles. The number of aromatic nitrogens is 1. The highest BCUT2D eigenvalue weighted by Crippen LogP contribution is 2.43. The molecule has 16 heteroatoms. The lowest BCUT2D eigenvalue weighted by Gasteiger charge is -2.31. The van der Waals surface area contributed by atoms with E-state index in [9.17, 15) is 45.1 Å². The summed E-state index contributed by atoms with van der Waals surface area (Å²) in [6.07, 6.45) is -9.99. The molecule has 1 N–H and O–H groups in total. The van der Waals surface area contributed by atoms with Crippen molar-refractivity contribution < 1.29 is 53.8 Å². The number of likely N-dealkylation sites (tertiary alicyclic amines) is 1. The van der Waals surface area contributed by atoms with Crippen LogP contribution in [0.1, 0.15) is 91.1 Å². The van der Waals surface area contributed by atoms with E-state index < -0.39 is 93.9 Å². The Morgan fingerprint density at radius 2 is 1.54 bits per heavy atom. The van der Waals surface area contributed by atoms with Gasteiger partial charge in [0.15, 0.2) is 0 Å². The Morgan fingerprint density at radius 3 is 2.07 bits per heavy atom. The summed E-state index contributed by atoms with van der Waals surface area (Å²) < 4.78 is 139. The van der Waals surface area contributed by atoms with Crippen LogP contribution in [0.25, 0.3) is 11.1 Å². The van der Waals surface area contributed by atoms with Gasteiger partial charge in [0.05, 0.1) is 30.2 Å². The van der Waals surface area contributed by atoms with Crippen LogP contribution in [-0.4, -0.2) is 47.6 Å². The van der Waals surface area contributed by atoms with E-state index in [1.807, 2.05) is 4.90 Å². The van der Waals surface area contributed by atoms with E-state index in [-0.39, 0.29) is 59.9 Å². The van der Waals surface area contributed by atoms with E-state index in [2.05, 4.69) is 5.32 Å². The number of esters is 1. The molecule has 1 unspecified atom stereocenters.